The molecule has 2 aromatic rings. The zero-order valence-electron chi connectivity index (χ0n) is 10.5. The summed E-state index contributed by atoms with van der Waals surface area (Å²) in [4.78, 5) is 12.1. The van der Waals surface area contributed by atoms with Crippen LogP contribution in [0.15, 0.2) is 34.8 Å². The number of aryl methyl sites for hydroxylation is 1. The number of carbonyl (C=O) groups is 1. The average Bonchev–Trinajstić information content (AvgIpc) is 2.33. The van der Waals surface area contributed by atoms with Crippen molar-refractivity contribution in [2.45, 2.75) is 6.92 Å². The Balaban J connectivity index is 2.38. The summed E-state index contributed by atoms with van der Waals surface area (Å²) in [6.45, 7) is 1.79. The number of hydrogen-bond donors (Lipinski definition) is 2. The number of benzene rings is 2. The molecule has 0 atom stereocenters. The third-order valence-electron chi connectivity index (χ3n) is 2.76. The molecule has 0 aliphatic heterocycles. The molecule has 2 rings (SSSR count). The standard InChI is InChI=1S/C14H11BrClFN2O/c1-7-5-8(15)6-11(18)13(7)19-14(20)12-9(16)3-2-4-10(12)17/h2-6H,18H2,1H3,(H,19,20). The van der Waals surface area contributed by atoms with Gasteiger partial charge < -0.3 is 11.1 Å². The molecule has 2 aromatic carbocycles. The predicted octanol–water partition coefficient (Wildman–Crippen LogP) is 4.38. The van der Waals surface area contributed by atoms with Crippen LogP contribution < -0.4 is 11.1 Å². The molecular weight excluding hydrogens is 347 g/mol. The Morgan fingerprint density at radius 2 is 2.10 bits per heavy atom. The minimum Gasteiger partial charge on any atom is -0.397 e. The molecule has 0 aromatic heterocycles. The average molecular weight is 358 g/mol. The van der Waals surface area contributed by atoms with E-state index in [2.05, 4.69) is 21.2 Å². The van der Waals surface area contributed by atoms with Gasteiger partial charge in [0, 0.05) is 4.47 Å². The van der Waals surface area contributed by atoms with Crippen molar-refractivity contribution in [3.8, 4) is 0 Å². The van der Waals surface area contributed by atoms with Crippen molar-refractivity contribution in [3.63, 3.8) is 0 Å². The monoisotopic (exact) mass is 356 g/mol. The normalized spacial score (nSPS) is 10.4. The number of anilines is 2. The van der Waals surface area contributed by atoms with E-state index in [9.17, 15) is 9.18 Å². The van der Waals surface area contributed by atoms with Crippen LogP contribution in [0, 0.1) is 12.7 Å². The minimum absolute atomic E-state index is 0.0517. The number of rotatable bonds is 2. The van der Waals surface area contributed by atoms with Crippen molar-refractivity contribution in [2.24, 2.45) is 0 Å². The first-order chi connectivity index (χ1) is 9.40. The Hall–Kier alpha value is -1.59. The van der Waals surface area contributed by atoms with Crippen LogP contribution in [-0.4, -0.2) is 5.91 Å². The lowest BCUT2D eigenvalue weighted by atomic mass is 10.1. The van der Waals surface area contributed by atoms with Crippen LogP contribution in [0.4, 0.5) is 15.8 Å². The molecule has 0 aliphatic rings. The smallest absolute Gasteiger partial charge is 0.260 e. The lowest BCUT2D eigenvalue weighted by molar-refractivity contribution is 0.102. The molecule has 104 valence electrons. The van der Waals surface area contributed by atoms with Gasteiger partial charge in [0.15, 0.2) is 0 Å². The summed E-state index contributed by atoms with van der Waals surface area (Å²) in [7, 11) is 0. The van der Waals surface area contributed by atoms with Crippen LogP contribution in [0.1, 0.15) is 15.9 Å². The summed E-state index contributed by atoms with van der Waals surface area (Å²) >= 11 is 9.16. The SMILES string of the molecule is Cc1cc(Br)cc(N)c1NC(=O)c1c(F)cccc1Cl. The molecule has 0 aliphatic carbocycles. The largest absolute Gasteiger partial charge is 0.397 e. The van der Waals surface area contributed by atoms with Gasteiger partial charge >= 0.3 is 0 Å². The second-order valence-corrected chi connectivity index (χ2v) is 5.56. The number of hydrogen-bond acceptors (Lipinski definition) is 2. The maximum atomic E-state index is 13.7. The minimum atomic E-state index is -0.677. The third kappa shape index (κ3) is 2.94. The van der Waals surface area contributed by atoms with E-state index in [0.717, 1.165) is 10.0 Å². The first-order valence-electron chi connectivity index (χ1n) is 5.71. The van der Waals surface area contributed by atoms with Crippen molar-refractivity contribution in [1.29, 1.82) is 0 Å². The number of nitrogen functional groups attached to an aromatic ring is 1. The Labute approximate surface area is 129 Å². The van der Waals surface area contributed by atoms with E-state index < -0.39 is 11.7 Å². The van der Waals surface area contributed by atoms with Crippen molar-refractivity contribution < 1.29 is 9.18 Å². The zero-order chi connectivity index (χ0) is 14.9. The maximum Gasteiger partial charge on any atom is 0.260 e. The lowest BCUT2D eigenvalue weighted by Gasteiger charge is -2.13. The number of halogens is 3. The van der Waals surface area contributed by atoms with E-state index >= 15 is 0 Å². The fourth-order valence-electron chi connectivity index (χ4n) is 1.83. The van der Waals surface area contributed by atoms with Gasteiger partial charge in [-0.25, -0.2) is 4.39 Å². The first kappa shape index (κ1) is 14.8. The Kier molecular flexibility index (Phi) is 4.30. The summed E-state index contributed by atoms with van der Waals surface area (Å²) in [5, 5.41) is 2.65. The van der Waals surface area contributed by atoms with Gasteiger partial charge in [-0.05, 0) is 36.8 Å². The molecule has 0 saturated carbocycles. The van der Waals surface area contributed by atoms with Gasteiger partial charge in [-0.3, -0.25) is 4.79 Å². The maximum absolute atomic E-state index is 13.7. The van der Waals surface area contributed by atoms with Gasteiger partial charge in [0.25, 0.3) is 5.91 Å². The van der Waals surface area contributed by atoms with Gasteiger partial charge in [-0.15, -0.1) is 0 Å². The Morgan fingerprint density at radius 3 is 2.70 bits per heavy atom. The van der Waals surface area contributed by atoms with Gasteiger partial charge in [0.05, 0.1) is 22.0 Å². The molecule has 0 heterocycles. The van der Waals surface area contributed by atoms with Crippen LogP contribution >= 0.6 is 27.5 Å². The van der Waals surface area contributed by atoms with Gasteiger partial charge in [-0.1, -0.05) is 33.6 Å². The molecule has 6 heteroatoms. The van der Waals surface area contributed by atoms with Crippen LogP contribution in [0.25, 0.3) is 0 Å². The van der Waals surface area contributed by atoms with E-state index in [1.54, 1.807) is 19.1 Å². The fraction of sp³-hybridized carbons (Fsp3) is 0.0714. The van der Waals surface area contributed by atoms with Crippen molar-refractivity contribution in [3.05, 3.63) is 56.8 Å². The third-order valence-corrected chi connectivity index (χ3v) is 3.53. The molecular formula is C14H11BrClFN2O. The highest BCUT2D eigenvalue weighted by Crippen LogP contribution is 2.29. The lowest BCUT2D eigenvalue weighted by Crippen LogP contribution is -2.16. The van der Waals surface area contributed by atoms with Crippen LogP contribution in [0.5, 0.6) is 0 Å². The number of nitrogens with two attached hydrogens (primary N) is 1. The summed E-state index contributed by atoms with van der Waals surface area (Å²) in [6.07, 6.45) is 0. The predicted molar refractivity (Wildman–Crippen MR) is 82.7 cm³/mol. The quantitative estimate of drug-likeness (QED) is 0.783. The summed E-state index contributed by atoms with van der Waals surface area (Å²) in [5.74, 6) is -1.31. The zero-order valence-corrected chi connectivity index (χ0v) is 12.8. The molecule has 0 bridgehead atoms. The number of amides is 1. The molecule has 0 saturated heterocycles. The Bertz CT molecular complexity index is 648. The highest BCUT2D eigenvalue weighted by molar-refractivity contribution is 9.10. The molecule has 0 spiro atoms. The van der Waals surface area contributed by atoms with E-state index in [-0.39, 0.29) is 10.6 Å². The van der Waals surface area contributed by atoms with Crippen LogP contribution in [0.2, 0.25) is 5.02 Å². The second-order valence-electron chi connectivity index (χ2n) is 4.24. The van der Waals surface area contributed by atoms with Crippen molar-refractivity contribution in [2.75, 3.05) is 11.1 Å². The topological polar surface area (TPSA) is 55.1 Å². The van der Waals surface area contributed by atoms with E-state index in [0.29, 0.717) is 11.4 Å². The summed E-state index contributed by atoms with van der Waals surface area (Å²) in [5.41, 5.74) is 7.25. The molecule has 0 unspecified atom stereocenters. The van der Waals surface area contributed by atoms with Gasteiger partial charge in [0.1, 0.15) is 5.82 Å². The fourth-order valence-corrected chi connectivity index (χ4v) is 2.67. The molecule has 0 radical (unpaired) electrons. The molecule has 3 nitrogen and oxygen atoms in total. The van der Waals surface area contributed by atoms with Gasteiger partial charge in [-0.2, -0.15) is 0 Å². The Morgan fingerprint density at radius 1 is 1.40 bits per heavy atom. The number of nitrogens with one attached hydrogen (secondary N) is 1. The molecule has 0 fully saturated rings. The first-order valence-corrected chi connectivity index (χ1v) is 6.88. The molecule has 3 N–H and O–H groups in total. The van der Waals surface area contributed by atoms with Crippen LogP contribution in [0.3, 0.4) is 0 Å². The molecule has 20 heavy (non-hydrogen) atoms. The van der Waals surface area contributed by atoms with E-state index in [1.807, 2.05) is 0 Å². The van der Waals surface area contributed by atoms with Crippen molar-refractivity contribution >= 4 is 44.8 Å². The van der Waals surface area contributed by atoms with Crippen LogP contribution in [-0.2, 0) is 0 Å². The highest BCUT2D eigenvalue weighted by atomic mass is 79.9. The van der Waals surface area contributed by atoms with E-state index in [4.69, 9.17) is 17.3 Å². The van der Waals surface area contributed by atoms with Crippen molar-refractivity contribution in [1.82, 2.24) is 0 Å². The summed E-state index contributed by atoms with van der Waals surface area (Å²) < 4.78 is 14.5. The second kappa shape index (κ2) is 5.81. The molecule has 1 amide bonds. The summed E-state index contributed by atoms with van der Waals surface area (Å²) in [6, 6.07) is 7.53. The van der Waals surface area contributed by atoms with E-state index in [1.165, 1.54) is 18.2 Å². The highest BCUT2D eigenvalue weighted by Gasteiger charge is 2.17. The van der Waals surface area contributed by atoms with Gasteiger partial charge in [0.2, 0.25) is 0 Å². The number of carbonyl (C=O) groups excluding carboxylic acids is 1.